The van der Waals surface area contributed by atoms with E-state index in [1.54, 1.807) is 0 Å². The van der Waals surface area contributed by atoms with Crippen LogP contribution in [0, 0.1) is 11.3 Å². The molecule has 73 heavy (non-hydrogen) atoms. The number of para-hydroxylation sites is 10. The highest BCUT2D eigenvalue weighted by Gasteiger charge is 2.43. The quantitative estimate of drug-likeness (QED) is 0.159. The summed E-state index contributed by atoms with van der Waals surface area (Å²) < 4.78 is 15.4. The zero-order chi connectivity index (χ0) is 48.5. The minimum Gasteiger partial charge on any atom is -0.453 e. The van der Waals surface area contributed by atoms with E-state index in [1.807, 2.05) is 54.6 Å². The molecule has 14 rings (SSSR count). The Morgan fingerprint density at radius 3 is 1.51 bits per heavy atom. The predicted octanol–water partition coefficient (Wildman–Crippen LogP) is 17.7. The number of nitriles is 1. The maximum atomic E-state index is 11.5. The fourth-order valence-electron chi connectivity index (χ4n) is 11.5. The van der Waals surface area contributed by atoms with Gasteiger partial charge in [-0.25, -0.2) is 0 Å². The van der Waals surface area contributed by atoms with E-state index < -0.39 is 5.54 Å². The van der Waals surface area contributed by atoms with E-state index in [0.717, 1.165) is 118 Å². The number of benzene rings is 10. The van der Waals surface area contributed by atoms with Crippen LogP contribution in [0.5, 0.6) is 23.0 Å². The second-order valence-corrected chi connectivity index (χ2v) is 18.7. The zero-order valence-corrected chi connectivity index (χ0v) is 39.6. The Bertz CT molecular complexity index is 3950. The lowest BCUT2D eigenvalue weighted by Gasteiger charge is -2.47. The summed E-state index contributed by atoms with van der Waals surface area (Å²) in [5.41, 5.74) is 14.9. The monoisotopic (exact) mass is 936 g/mol. The van der Waals surface area contributed by atoms with Crippen LogP contribution in [0.1, 0.15) is 23.1 Å². The number of hydrogen-bond donors (Lipinski definition) is 0. The van der Waals surface area contributed by atoms with Crippen molar-refractivity contribution in [3.8, 4) is 57.0 Å². The highest BCUT2D eigenvalue weighted by Crippen LogP contribution is 2.56. The lowest BCUT2D eigenvalue weighted by atomic mass is 9.76. The number of anilines is 5. The highest BCUT2D eigenvalue weighted by atomic mass is 16.5. The summed E-state index contributed by atoms with van der Waals surface area (Å²) >= 11 is 0. The average molecular weight is 937 g/mol. The summed E-state index contributed by atoms with van der Waals surface area (Å²) in [6.07, 6.45) is 7.69. The van der Waals surface area contributed by atoms with E-state index in [9.17, 15) is 5.26 Å². The molecule has 3 aliphatic rings. The lowest BCUT2D eigenvalue weighted by Crippen LogP contribution is -2.43. The van der Waals surface area contributed by atoms with Gasteiger partial charge in [0.1, 0.15) is 0 Å². The highest BCUT2D eigenvalue weighted by molar-refractivity contribution is 6.11. The first-order valence-electron chi connectivity index (χ1n) is 24.7. The summed E-state index contributed by atoms with van der Waals surface area (Å²) in [5.74, 6) is 3.20. The molecule has 6 nitrogen and oxygen atoms in total. The molecular weight excluding hydrogens is 893 g/mol. The van der Waals surface area contributed by atoms with E-state index >= 15 is 0 Å². The van der Waals surface area contributed by atoms with E-state index in [4.69, 9.17) is 9.47 Å². The minimum absolute atomic E-state index is 0.589. The molecule has 0 saturated carbocycles. The Labute approximate surface area is 423 Å². The van der Waals surface area contributed by atoms with Gasteiger partial charge in [0.15, 0.2) is 23.0 Å². The molecule has 0 amide bonds. The number of allylic oxidation sites excluding steroid dienone is 2. The molecule has 1 aromatic heterocycles. The standard InChI is InChI=1S/C67H44N4O2/c68-44-48-43-53(45-35-37-50(38-36-45)69-56-27-11-15-31-60(56)72-61-32-16-12-28-57(61)69)66(70-54-25-9-7-23-51(54)52-24-8-10-26-55(52)70)65(64(48)46-19-3-1-4-20-46)47-39-41-67(42-40-47,49-21-5-2-6-22-49)71-58-29-13-17-33-62(58)73-63-34-18-14-30-59(63)71/h1-41,43H,42H2. The van der Waals surface area contributed by atoms with Gasteiger partial charge in [0.25, 0.3) is 0 Å². The molecule has 0 saturated heterocycles. The van der Waals surface area contributed by atoms with E-state index in [-0.39, 0.29) is 0 Å². The zero-order valence-electron chi connectivity index (χ0n) is 39.6. The number of rotatable bonds is 7. The molecule has 0 N–H and O–H groups in total. The van der Waals surface area contributed by atoms with E-state index in [1.165, 1.54) is 0 Å². The molecule has 1 aliphatic carbocycles. The van der Waals surface area contributed by atoms with Crippen molar-refractivity contribution in [3.05, 3.63) is 272 Å². The second kappa shape index (κ2) is 16.9. The molecule has 1 atom stereocenters. The van der Waals surface area contributed by atoms with Crippen LogP contribution in [0.3, 0.4) is 0 Å². The largest absolute Gasteiger partial charge is 0.453 e. The number of hydrogen-bond acceptors (Lipinski definition) is 5. The third-order valence-electron chi connectivity index (χ3n) is 14.7. The first kappa shape index (κ1) is 42.1. The molecule has 344 valence electrons. The predicted molar refractivity (Wildman–Crippen MR) is 296 cm³/mol. The molecule has 0 spiro atoms. The Kier molecular flexibility index (Phi) is 9.77. The molecule has 0 fully saturated rings. The second-order valence-electron chi connectivity index (χ2n) is 18.7. The first-order valence-corrected chi connectivity index (χ1v) is 24.7. The Balaban J connectivity index is 1.04. The van der Waals surface area contributed by atoms with Crippen molar-refractivity contribution in [1.29, 1.82) is 5.26 Å². The molecular formula is C67H44N4O2. The molecule has 1 unspecified atom stereocenters. The first-order chi connectivity index (χ1) is 36.2. The Hall–Kier alpha value is -9.83. The molecule has 10 aromatic carbocycles. The lowest BCUT2D eigenvalue weighted by molar-refractivity contribution is 0.449. The fraction of sp³-hybridized carbons (Fsp3) is 0.0299. The van der Waals surface area contributed by atoms with Crippen molar-refractivity contribution in [3.63, 3.8) is 0 Å². The SMILES string of the molecule is N#Cc1cc(-c2ccc(N3c4ccccc4Oc4ccccc43)cc2)c(-n2c3ccccc3c3ccccc32)c(C2=CCC(c3ccccc3)(N3c4ccccc4Oc4ccccc43)C=C2)c1-c1ccccc1. The van der Waals surface area contributed by atoms with Crippen molar-refractivity contribution in [1.82, 2.24) is 4.57 Å². The van der Waals surface area contributed by atoms with Crippen LogP contribution < -0.4 is 19.3 Å². The van der Waals surface area contributed by atoms with Gasteiger partial charge in [0.2, 0.25) is 0 Å². The van der Waals surface area contributed by atoms with Gasteiger partial charge in [-0.1, -0.05) is 176 Å². The van der Waals surface area contributed by atoms with Crippen molar-refractivity contribution >= 4 is 55.8 Å². The Morgan fingerprint density at radius 1 is 0.466 bits per heavy atom. The van der Waals surface area contributed by atoms with Gasteiger partial charge in [-0.05, 0) is 108 Å². The minimum atomic E-state index is -0.664. The number of ether oxygens (including phenoxy) is 2. The van der Waals surface area contributed by atoms with Crippen LogP contribution >= 0.6 is 0 Å². The number of fused-ring (bicyclic) bond motifs is 7. The third kappa shape index (κ3) is 6.64. The van der Waals surface area contributed by atoms with E-state index in [0.29, 0.717) is 12.0 Å². The van der Waals surface area contributed by atoms with Crippen LogP contribution in [0.2, 0.25) is 0 Å². The van der Waals surface area contributed by atoms with Gasteiger partial charge in [0.05, 0.1) is 56.6 Å². The van der Waals surface area contributed by atoms with Crippen LogP contribution in [0.25, 0.3) is 55.3 Å². The summed E-state index contributed by atoms with van der Waals surface area (Å²) in [5, 5.41) is 13.8. The topological polar surface area (TPSA) is 53.7 Å². The van der Waals surface area contributed by atoms with Gasteiger partial charge >= 0.3 is 0 Å². The van der Waals surface area contributed by atoms with Crippen LogP contribution in [-0.4, -0.2) is 4.57 Å². The van der Waals surface area contributed by atoms with Gasteiger partial charge in [-0.2, -0.15) is 5.26 Å². The van der Waals surface area contributed by atoms with Crippen LogP contribution in [0.4, 0.5) is 28.4 Å². The van der Waals surface area contributed by atoms with E-state index in [2.05, 4.69) is 221 Å². The van der Waals surface area contributed by atoms with Gasteiger partial charge in [-0.15, -0.1) is 0 Å². The summed E-state index contributed by atoms with van der Waals surface area (Å²) in [7, 11) is 0. The molecule has 11 aromatic rings. The summed E-state index contributed by atoms with van der Waals surface area (Å²) in [4.78, 5) is 4.72. The molecule has 3 heterocycles. The van der Waals surface area contributed by atoms with Crippen molar-refractivity contribution in [2.24, 2.45) is 0 Å². The third-order valence-corrected chi connectivity index (χ3v) is 14.7. The fourth-order valence-corrected chi connectivity index (χ4v) is 11.5. The van der Waals surface area contributed by atoms with Crippen molar-refractivity contribution in [2.75, 3.05) is 9.80 Å². The average Bonchev–Trinajstić information content (AvgIpc) is 3.80. The molecule has 0 radical (unpaired) electrons. The number of aromatic nitrogens is 1. The van der Waals surface area contributed by atoms with Gasteiger partial charge in [0, 0.05) is 33.2 Å². The summed E-state index contributed by atoms with van der Waals surface area (Å²) in [6, 6.07) is 85.2. The molecule has 0 bridgehead atoms. The number of nitrogens with zero attached hydrogens (tertiary/aromatic N) is 4. The van der Waals surface area contributed by atoms with Crippen LogP contribution in [-0.2, 0) is 5.54 Å². The maximum Gasteiger partial charge on any atom is 0.151 e. The van der Waals surface area contributed by atoms with Crippen LogP contribution in [0.15, 0.2) is 255 Å². The molecule has 2 aliphatic heterocycles. The van der Waals surface area contributed by atoms with Gasteiger partial charge in [-0.3, -0.25) is 0 Å². The van der Waals surface area contributed by atoms with Crippen molar-refractivity contribution in [2.45, 2.75) is 12.0 Å². The maximum absolute atomic E-state index is 11.5. The van der Waals surface area contributed by atoms with Gasteiger partial charge < -0.3 is 23.8 Å². The Morgan fingerprint density at radius 2 is 0.959 bits per heavy atom. The van der Waals surface area contributed by atoms with Crippen molar-refractivity contribution < 1.29 is 9.47 Å². The molecule has 6 heteroatoms. The smallest absolute Gasteiger partial charge is 0.151 e. The normalized spacial score (nSPS) is 15.3. The summed E-state index contributed by atoms with van der Waals surface area (Å²) in [6.45, 7) is 0.